The summed E-state index contributed by atoms with van der Waals surface area (Å²) in [5.41, 5.74) is 3.90. The molecule has 0 radical (unpaired) electrons. The van der Waals surface area contributed by atoms with Crippen LogP contribution in [0.25, 0.3) is 5.69 Å². The van der Waals surface area contributed by atoms with Crippen molar-refractivity contribution in [1.29, 1.82) is 0 Å². The van der Waals surface area contributed by atoms with Crippen molar-refractivity contribution in [3.8, 4) is 11.4 Å². The summed E-state index contributed by atoms with van der Waals surface area (Å²) in [7, 11) is 0. The maximum atomic E-state index is 11.3. The molecular weight excluding hydrogens is 472 g/mol. The van der Waals surface area contributed by atoms with Crippen LogP contribution in [-0.4, -0.2) is 31.8 Å². The quantitative estimate of drug-likeness (QED) is 0.324. The zero-order valence-electron chi connectivity index (χ0n) is 19.9. The number of carbonyl (C=O) groups is 1. The Balaban J connectivity index is 1.59. The smallest absolute Gasteiger partial charge is 0.335 e. The van der Waals surface area contributed by atoms with Crippen LogP contribution in [0, 0.1) is 0 Å². The molecule has 5 rings (SSSR count). The highest BCUT2D eigenvalue weighted by Gasteiger charge is 2.42. The largest absolute Gasteiger partial charge is 0.491 e. The molecule has 1 fully saturated rings. The summed E-state index contributed by atoms with van der Waals surface area (Å²) in [6.45, 7) is 4.00. The van der Waals surface area contributed by atoms with E-state index >= 15 is 0 Å². The van der Waals surface area contributed by atoms with Gasteiger partial charge in [0, 0.05) is 29.5 Å². The number of benzene rings is 2. The number of anilines is 1. The lowest BCUT2D eigenvalue weighted by atomic mass is 10.0. The number of pyridine rings is 1. The van der Waals surface area contributed by atoms with E-state index in [-0.39, 0.29) is 23.8 Å². The summed E-state index contributed by atoms with van der Waals surface area (Å²) in [4.78, 5) is 18.1. The van der Waals surface area contributed by atoms with Gasteiger partial charge in [0.1, 0.15) is 11.8 Å². The maximum absolute atomic E-state index is 11.3. The molecule has 0 aliphatic carbocycles. The predicted molar refractivity (Wildman–Crippen MR) is 143 cm³/mol. The molecular formula is C28H26N4O3S. The van der Waals surface area contributed by atoms with Crippen LogP contribution in [0.4, 0.5) is 5.69 Å². The van der Waals surface area contributed by atoms with Crippen LogP contribution in [0.5, 0.6) is 5.75 Å². The molecule has 2 aromatic carbocycles. The van der Waals surface area contributed by atoms with Crippen LogP contribution in [0.1, 0.15) is 47.7 Å². The molecule has 182 valence electrons. The number of hydrogen-bond acceptors (Lipinski definition) is 4. The SMILES string of the molecule is CC(C)Oc1ccc(N2C(=S)NC(c3ccccn3)C2c2cccn2-c2ccc(C(=O)O)cc2)cc1. The van der Waals surface area contributed by atoms with Crippen molar-refractivity contribution >= 4 is 29.0 Å². The molecule has 0 saturated carbocycles. The molecule has 8 heteroatoms. The lowest BCUT2D eigenvalue weighted by molar-refractivity contribution is 0.0697. The van der Waals surface area contributed by atoms with E-state index in [1.165, 1.54) is 0 Å². The molecule has 7 nitrogen and oxygen atoms in total. The average Bonchev–Trinajstić information content (AvgIpc) is 3.49. The molecule has 2 N–H and O–H groups in total. The first-order valence-corrected chi connectivity index (χ1v) is 12.1. The van der Waals surface area contributed by atoms with Crippen molar-refractivity contribution in [2.75, 3.05) is 4.90 Å². The third-order valence-electron chi connectivity index (χ3n) is 6.06. The Bertz CT molecular complexity index is 1370. The van der Waals surface area contributed by atoms with E-state index in [4.69, 9.17) is 17.0 Å². The normalized spacial score (nSPS) is 17.3. The van der Waals surface area contributed by atoms with Gasteiger partial charge in [0.2, 0.25) is 0 Å². The number of aromatic nitrogens is 2. The number of carboxylic acids is 1. The fourth-order valence-corrected chi connectivity index (χ4v) is 4.87. The van der Waals surface area contributed by atoms with Crippen molar-refractivity contribution in [1.82, 2.24) is 14.9 Å². The number of aromatic carboxylic acids is 1. The van der Waals surface area contributed by atoms with E-state index in [0.717, 1.165) is 28.5 Å². The summed E-state index contributed by atoms with van der Waals surface area (Å²) >= 11 is 5.84. The third kappa shape index (κ3) is 4.55. The number of carboxylic acid groups (broad SMARTS) is 1. The summed E-state index contributed by atoms with van der Waals surface area (Å²) in [6, 6.07) is 24.2. The van der Waals surface area contributed by atoms with Crippen molar-refractivity contribution in [2.24, 2.45) is 0 Å². The van der Waals surface area contributed by atoms with Gasteiger partial charge < -0.3 is 24.6 Å². The number of nitrogens with zero attached hydrogens (tertiary/aromatic N) is 3. The zero-order valence-corrected chi connectivity index (χ0v) is 20.7. The minimum Gasteiger partial charge on any atom is -0.491 e. The zero-order chi connectivity index (χ0) is 25.2. The van der Waals surface area contributed by atoms with Crippen LogP contribution >= 0.6 is 12.2 Å². The Morgan fingerprint density at radius 1 is 1.00 bits per heavy atom. The first-order valence-electron chi connectivity index (χ1n) is 11.7. The van der Waals surface area contributed by atoms with Gasteiger partial charge in [-0.3, -0.25) is 4.98 Å². The maximum Gasteiger partial charge on any atom is 0.335 e. The van der Waals surface area contributed by atoms with E-state index in [2.05, 4.69) is 25.8 Å². The molecule has 2 aromatic heterocycles. The summed E-state index contributed by atoms with van der Waals surface area (Å²) in [6.07, 6.45) is 3.84. The molecule has 0 amide bonds. The molecule has 3 heterocycles. The molecule has 2 atom stereocenters. The molecule has 1 saturated heterocycles. The van der Waals surface area contributed by atoms with Gasteiger partial charge >= 0.3 is 5.97 Å². The Labute approximate surface area is 215 Å². The summed E-state index contributed by atoms with van der Waals surface area (Å²) in [5, 5.41) is 13.4. The van der Waals surface area contributed by atoms with Crippen molar-refractivity contribution < 1.29 is 14.6 Å². The first kappa shape index (κ1) is 23.6. The van der Waals surface area contributed by atoms with Crippen LogP contribution < -0.4 is 15.0 Å². The molecule has 1 aliphatic rings. The van der Waals surface area contributed by atoms with Gasteiger partial charge in [0.15, 0.2) is 5.11 Å². The molecule has 36 heavy (non-hydrogen) atoms. The van der Waals surface area contributed by atoms with Crippen LogP contribution in [0.2, 0.25) is 0 Å². The Morgan fingerprint density at radius 3 is 2.36 bits per heavy atom. The Kier molecular flexibility index (Phi) is 6.43. The lowest BCUT2D eigenvalue weighted by Gasteiger charge is -2.29. The fraction of sp³-hybridized carbons (Fsp3) is 0.179. The van der Waals surface area contributed by atoms with Gasteiger partial charge in [0.25, 0.3) is 0 Å². The number of ether oxygens (including phenoxy) is 1. The van der Waals surface area contributed by atoms with Gasteiger partial charge in [-0.15, -0.1) is 0 Å². The van der Waals surface area contributed by atoms with Gasteiger partial charge in [-0.1, -0.05) is 6.07 Å². The molecule has 1 aliphatic heterocycles. The second-order valence-corrected chi connectivity index (χ2v) is 9.20. The first-order chi connectivity index (χ1) is 17.4. The van der Waals surface area contributed by atoms with Gasteiger partial charge in [-0.25, -0.2) is 4.79 Å². The summed E-state index contributed by atoms with van der Waals surface area (Å²) in [5.74, 6) is -0.155. The van der Waals surface area contributed by atoms with E-state index in [1.54, 1.807) is 18.3 Å². The van der Waals surface area contributed by atoms with E-state index in [0.29, 0.717) is 5.11 Å². The molecule has 4 aromatic rings. The number of thiocarbonyl (C=S) groups is 1. The number of hydrogen-bond donors (Lipinski definition) is 2. The minimum atomic E-state index is -0.953. The van der Waals surface area contributed by atoms with Crippen molar-refractivity contribution in [2.45, 2.75) is 32.0 Å². The number of rotatable bonds is 7. The molecule has 0 spiro atoms. The van der Waals surface area contributed by atoms with Gasteiger partial charge in [0.05, 0.1) is 23.4 Å². The monoisotopic (exact) mass is 498 g/mol. The van der Waals surface area contributed by atoms with Crippen LogP contribution in [0.3, 0.4) is 0 Å². The minimum absolute atomic E-state index is 0.0856. The highest BCUT2D eigenvalue weighted by atomic mass is 32.1. The van der Waals surface area contributed by atoms with Crippen molar-refractivity contribution in [3.63, 3.8) is 0 Å². The van der Waals surface area contributed by atoms with Crippen molar-refractivity contribution in [3.05, 3.63) is 108 Å². The Hall–Kier alpha value is -4.17. The lowest BCUT2D eigenvalue weighted by Crippen LogP contribution is -2.30. The second kappa shape index (κ2) is 9.83. The van der Waals surface area contributed by atoms with Gasteiger partial charge in [-0.2, -0.15) is 0 Å². The highest BCUT2D eigenvalue weighted by Crippen LogP contribution is 2.42. The predicted octanol–water partition coefficient (Wildman–Crippen LogP) is 5.53. The second-order valence-electron chi connectivity index (χ2n) is 8.81. The van der Waals surface area contributed by atoms with E-state index in [9.17, 15) is 9.90 Å². The van der Waals surface area contributed by atoms with Crippen LogP contribution in [0.15, 0.2) is 91.3 Å². The fourth-order valence-electron chi connectivity index (χ4n) is 4.53. The van der Waals surface area contributed by atoms with Crippen LogP contribution in [-0.2, 0) is 0 Å². The molecule has 0 bridgehead atoms. The van der Waals surface area contributed by atoms with Gasteiger partial charge in [-0.05, 0) is 98.9 Å². The summed E-state index contributed by atoms with van der Waals surface area (Å²) < 4.78 is 7.89. The van der Waals surface area contributed by atoms with E-state index in [1.807, 2.05) is 80.7 Å². The highest BCUT2D eigenvalue weighted by molar-refractivity contribution is 7.80. The topological polar surface area (TPSA) is 79.6 Å². The standard InChI is InChI=1S/C28H26N4O3S/c1-18(2)35-22-14-12-21(13-15-22)32-26(25(30-28(32)36)23-6-3-4-16-29-23)24-7-5-17-31(24)20-10-8-19(9-11-20)27(33)34/h3-18,25-26H,1-2H3,(H,30,36)(H,33,34). The average molecular weight is 499 g/mol. The Morgan fingerprint density at radius 2 is 1.72 bits per heavy atom. The molecule has 2 unspecified atom stereocenters. The third-order valence-corrected chi connectivity index (χ3v) is 6.38. The van der Waals surface area contributed by atoms with E-state index < -0.39 is 5.97 Å². The number of nitrogens with one attached hydrogen (secondary N) is 1.